The molecule has 0 aromatic heterocycles. The van der Waals surface area contributed by atoms with Gasteiger partial charge in [0.05, 0.1) is 0 Å². The third kappa shape index (κ3) is 2.68. The molecule has 0 aliphatic heterocycles. The normalized spacial score (nSPS) is 14.1. The number of hydrogen-bond acceptors (Lipinski definition) is 1. The zero-order valence-electron chi connectivity index (χ0n) is 5.11. The van der Waals surface area contributed by atoms with Crippen molar-refractivity contribution in [3.8, 4) is 0 Å². The number of rotatable bonds is 0. The Bertz CT molecular complexity index is 120. The van der Waals surface area contributed by atoms with Crippen molar-refractivity contribution < 1.29 is 0 Å². The van der Waals surface area contributed by atoms with E-state index in [-0.39, 0.29) is 5.16 Å². The minimum Gasteiger partial charge on any atom is -0.0678 e. The summed E-state index contributed by atoms with van der Waals surface area (Å²) in [6, 6.07) is 0. The van der Waals surface area contributed by atoms with Crippen LogP contribution in [0.4, 0.5) is 0 Å². The summed E-state index contributed by atoms with van der Waals surface area (Å²) >= 11 is 16.3. The van der Waals surface area contributed by atoms with Gasteiger partial charge in [0.1, 0.15) is 4.74 Å². The summed E-state index contributed by atoms with van der Waals surface area (Å²) < 4.78 is -2.07. The van der Waals surface area contributed by atoms with E-state index in [0.29, 0.717) is 0 Å². The van der Waals surface area contributed by atoms with Crippen LogP contribution in [0.25, 0.3) is 0 Å². The van der Waals surface area contributed by atoms with Gasteiger partial charge in [0.2, 0.25) is 0 Å². The van der Waals surface area contributed by atoms with Crippen LogP contribution in [-0.4, -0.2) is 5.16 Å². The highest BCUT2D eigenvalue weighted by Gasteiger charge is 2.26. The second kappa shape index (κ2) is 2.46. The van der Waals surface area contributed by atoms with Crippen molar-refractivity contribution in [2.75, 3.05) is 0 Å². The zero-order chi connectivity index (χ0) is 7.00. The highest BCUT2D eigenvalue weighted by molar-refractivity contribution is 8.39. The van der Waals surface area contributed by atoms with Crippen LogP contribution in [0.1, 0.15) is 20.8 Å². The molecular weight excluding hydrogens is 182 g/mol. The van der Waals surface area contributed by atoms with Gasteiger partial charge in [0, 0.05) is 5.16 Å². The van der Waals surface area contributed by atoms with Gasteiger partial charge in [-0.1, -0.05) is 55.1 Å². The van der Waals surface area contributed by atoms with Crippen LogP contribution in [0.5, 0.6) is 0 Å². The third-order valence-corrected chi connectivity index (χ3v) is 7.03. The van der Waals surface area contributed by atoms with Crippen molar-refractivity contribution in [3.05, 3.63) is 0 Å². The first-order chi connectivity index (χ1) is 3.25. The van der Waals surface area contributed by atoms with E-state index in [0.717, 1.165) is 0 Å². The van der Waals surface area contributed by atoms with Gasteiger partial charge in [-0.3, -0.25) is 0 Å². The van der Waals surface area contributed by atoms with Crippen LogP contribution in [-0.2, 0) is 11.8 Å². The van der Waals surface area contributed by atoms with E-state index in [1.165, 1.54) is 0 Å². The van der Waals surface area contributed by atoms with Crippen LogP contribution in [0, 0.1) is 0 Å². The molecule has 0 fully saturated rings. The Hall–Kier alpha value is 1.23. The van der Waals surface area contributed by atoms with Gasteiger partial charge >= 0.3 is 0 Å². The summed E-state index contributed by atoms with van der Waals surface area (Å²) in [4.78, 5) is 0. The molecule has 0 heterocycles. The van der Waals surface area contributed by atoms with Crippen molar-refractivity contribution in [1.82, 2.24) is 0 Å². The molecule has 0 radical (unpaired) electrons. The minimum atomic E-state index is -2.07. The SMILES string of the molecule is CC(C)(C)P(=S)(Cl)Cl. The van der Waals surface area contributed by atoms with E-state index in [1.807, 2.05) is 20.8 Å². The molecule has 0 nitrogen and oxygen atoms in total. The fraction of sp³-hybridized carbons (Fsp3) is 1.00. The molecule has 0 saturated carbocycles. The van der Waals surface area contributed by atoms with Crippen LogP contribution >= 0.6 is 27.2 Å². The molecule has 8 heavy (non-hydrogen) atoms. The van der Waals surface area contributed by atoms with Crippen molar-refractivity contribution in [2.24, 2.45) is 0 Å². The summed E-state index contributed by atoms with van der Waals surface area (Å²) in [6.07, 6.45) is 0. The first kappa shape index (κ1) is 9.23. The molecule has 0 amide bonds. The lowest BCUT2D eigenvalue weighted by molar-refractivity contribution is 0.798. The summed E-state index contributed by atoms with van der Waals surface area (Å²) in [5, 5.41) is -0.106. The molecule has 4 heteroatoms. The maximum absolute atomic E-state index is 5.70. The van der Waals surface area contributed by atoms with Gasteiger partial charge in [0.15, 0.2) is 0 Å². The van der Waals surface area contributed by atoms with E-state index in [2.05, 4.69) is 0 Å². The first-order valence-corrected chi connectivity index (χ1v) is 6.86. The van der Waals surface area contributed by atoms with E-state index < -0.39 is 4.74 Å². The molecule has 0 rings (SSSR count). The van der Waals surface area contributed by atoms with Crippen molar-refractivity contribution >= 4 is 39.0 Å². The van der Waals surface area contributed by atoms with E-state index in [9.17, 15) is 0 Å². The highest BCUT2D eigenvalue weighted by Crippen LogP contribution is 2.66. The quantitative estimate of drug-likeness (QED) is 0.527. The highest BCUT2D eigenvalue weighted by atomic mass is 35.9. The van der Waals surface area contributed by atoms with Crippen LogP contribution in [0.2, 0.25) is 0 Å². The lowest BCUT2D eigenvalue weighted by Gasteiger charge is -2.22. The fourth-order valence-electron chi connectivity index (χ4n) is 0. The van der Waals surface area contributed by atoms with Gasteiger partial charge in [-0.2, -0.15) is 0 Å². The number of hydrogen-bond donors (Lipinski definition) is 0. The Morgan fingerprint density at radius 3 is 1.38 bits per heavy atom. The van der Waals surface area contributed by atoms with Gasteiger partial charge < -0.3 is 0 Å². The molecule has 50 valence electrons. The average molecular weight is 191 g/mol. The Kier molecular flexibility index (Phi) is 2.84. The largest absolute Gasteiger partial charge is 0.125 e. The lowest BCUT2D eigenvalue weighted by Crippen LogP contribution is -2.07. The Balaban J connectivity index is 4.26. The molecule has 0 unspecified atom stereocenters. The molecular formula is C4H9Cl2PS. The van der Waals surface area contributed by atoms with Gasteiger partial charge in [0.25, 0.3) is 0 Å². The third-order valence-electron chi connectivity index (χ3n) is 0.781. The molecule has 0 N–H and O–H groups in total. The summed E-state index contributed by atoms with van der Waals surface area (Å²) in [5.41, 5.74) is 0. The standard InChI is InChI=1S/C4H9Cl2PS/c1-4(2,3)7(5,6)8/h1-3H3. The smallest absolute Gasteiger partial charge is 0.0678 e. The average Bonchev–Trinajstić information content (AvgIpc) is 1.25. The summed E-state index contributed by atoms with van der Waals surface area (Å²) in [5.74, 6) is 0. The second-order valence-corrected chi connectivity index (χ2v) is 11.3. The van der Waals surface area contributed by atoms with E-state index in [1.54, 1.807) is 0 Å². The molecule has 0 spiro atoms. The predicted molar refractivity (Wildman–Crippen MR) is 45.7 cm³/mol. The van der Waals surface area contributed by atoms with Gasteiger partial charge in [-0.15, -0.1) is 0 Å². The van der Waals surface area contributed by atoms with E-state index in [4.69, 9.17) is 34.3 Å². The molecule has 0 saturated heterocycles. The predicted octanol–water partition coefficient (Wildman–Crippen LogP) is 3.57. The maximum atomic E-state index is 5.70. The molecule has 0 aromatic rings. The number of halogens is 2. The molecule has 0 bridgehead atoms. The van der Waals surface area contributed by atoms with Crippen LogP contribution in [0.15, 0.2) is 0 Å². The van der Waals surface area contributed by atoms with Gasteiger partial charge in [-0.25, -0.2) is 0 Å². The molecule has 0 aliphatic carbocycles. The van der Waals surface area contributed by atoms with Crippen molar-refractivity contribution in [1.29, 1.82) is 0 Å². The molecule has 0 atom stereocenters. The van der Waals surface area contributed by atoms with Gasteiger partial charge in [-0.05, 0) is 0 Å². The lowest BCUT2D eigenvalue weighted by atomic mass is 10.3. The summed E-state index contributed by atoms with van der Waals surface area (Å²) in [6.45, 7) is 5.86. The second-order valence-electron chi connectivity index (χ2n) is 2.63. The zero-order valence-corrected chi connectivity index (χ0v) is 8.33. The maximum Gasteiger partial charge on any atom is 0.125 e. The monoisotopic (exact) mass is 190 g/mol. The summed E-state index contributed by atoms with van der Waals surface area (Å²) in [7, 11) is 0. The van der Waals surface area contributed by atoms with Crippen LogP contribution < -0.4 is 0 Å². The Labute approximate surface area is 65.1 Å². The first-order valence-electron chi connectivity index (χ1n) is 2.24. The fourth-order valence-corrected chi connectivity index (χ4v) is 0. The minimum absolute atomic E-state index is 0.106. The topological polar surface area (TPSA) is 0 Å². The van der Waals surface area contributed by atoms with Crippen LogP contribution in [0.3, 0.4) is 0 Å². The molecule has 0 aliphatic rings. The molecule has 0 aromatic carbocycles. The van der Waals surface area contributed by atoms with Crippen molar-refractivity contribution in [3.63, 3.8) is 0 Å². The Morgan fingerprint density at radius 1 is 1.25 bits per heavy atom. The van der Waals surface area contributed by atoms with Crippen molar-refractivity contribution in [2.45, 2.75) is 25.9 Å². The Morgan fingerprint density at radius 2 is 1.38 bits per heavy atom. The van der Waals surface area contributed by atoms with E-state index >= 15 is 0 Å².